The quantitative estimate of drug-likeness (QED) is 0.552. The number of Topliss-reactive ketones (excluding diaryl/α,β-unsaturated/α-hetero) is 1. The van der Waals surface area contributed by atoms with Crippen LogP contribution in [0.1, 0.15) is 19.8 Å². The third-order valence-electron chi connectivity index (χ3n) is 2.01. The average Bonchev–Trinajstić information content (AvgIpc) is 1.97. The van der Waals surface area contributed by atoms with Crippen LogP contribution in [0.5, 0.6) is 0 Å². The van der Waals surface area contributed by atoms with Gasteiger partial charge in [0, 0.05) is 18.8 Å². The molecule has 0 aromatic heterocycles. The molecule has 5 nitrogen and oxygen atoms in total. The number of carbonyl (C=O) groups excluding carboxylic acids is 2. The standard InChI is InChI=1S/C10H19NO4/c1-5-8(12)10(15,6-9(13)14)7-11(2,3)4/h15H,5-7H2,1-4H3/t10-/m1/s1. The number of likely N-dealkylation sites (N-methyl/N-ethyl adjacent to an activating group) is 1. The van der Waals surface area contributed by atoms with Crippen molar-refractivity contribution in [2.24, 2.45) is 0 Å². The van der Waals surface area contributed by atoms with E-state index in [1.165, 1.54) is 0 Å². The number of carboxylic acid groups (broad SMARTS) is 1. The van der Waals surface area contributed by atoms with Crippen molar-refractivity contribution in [1.82, 2.24) is 0 Å². The zero-order valence-corrected chi connectivity index (χ0v) is 9.74. The van der Waals surface area contributed by atoms with E-state index >= 15 is 0 Å². The number of carbonyl (C=O) groups is 2. The highest BCUT2D eigenvalue weighted by Crippen LogP contribution is 2.17. The van der Waals surface area contributed by atoms with Gasteiger partial charge in [0.15, 0.2) is 11.4 Å². The summed E-state index contributed by atoms with van der Waals surface area (Å²) in [7, 11) is 5.34. The second-order valence-electron chi connectivity index (χ2n) is 4.81. The Balaban J connectivity index is 4.86. The van der Waals surface area contributed by atoms with Crippen molar-refractivity contribution >= 4 is 11.8 Å². The smallest absolute Gasteiger partial charge is 0.177 e. The van der Waals surface area contributed by atoms with E-state index in [9.17, 15) is 19.8 Å². The summed E-state index contributed by atoms with van der Waals surface area (Å²) in [6.07, 6.45) is -0.529. The topological polar surface area (TPSA) is 77.4 Å². The summed E-state index contributed by atoms with van der Waals surface area (Å²) >= 11 is 0. The number of aliphatic hydroxyl groups is 1. The average molecular weight is 217 g/mol. The van der Waals surface area contributed by atoms with E-state index < -0.39 is 23.8 Å². The first-order valence-electron chi connectivity index (χ1n) is 4.87. The van der Waals surface area contributed by atoms with Crippen LogP contribution in [-0.2, 0) is 9.59 Å². The van der Waals surface area contributed by atoms with Crippen LogP contribution in [0.25, 0.3) is 0 Å². The van der Waals surface area contributed by atoms with Gasteiger partial charge in [0.05, 0.1) is 21.1 Å². The van der Waals surface area contributed by atoms with Crippen molar-refractivity contribution in [3.8, 4) is 0 Å². The molecule has 0 aromatic carbocycles. The number of carboxylic acids is 1. The van der Waals surface area contributed by atoms with Crippen molar-refractivity contribution < 1.29 is 24.3 Å². The minimum atomic E-state index is -1.81. The van der Waals surface area contributed by atoms with E-state index in [4.69, 9.17) is 0 Å². The molecule has 0 rings (SSSR count). The van der Waals surface area contributed by atoms with Gasteiger partial charge in [-0.25, -0.2) is 0 Å². The molecule has 0 saturated carbocycles. The van der Waals surface area contributed by atoms with E-state index in [1.54, 1.807) is 28.1 Å². The number of hydrogen-bond acceptors (Lipinski definition) is 4. The molecular formula is C10H19NO4. The Morgan fingerprint density at radius 3 is 2.07 bits per heavy atom. The van der Waals surface area contributed by atoms with Gasteiger partial charge in [-0.3, -0.25) is 4.79 Å². The molecule has 0 bridgehead atoms. The van der Waals surface area contributed by atoms with Crippen LogP contribution in [0, 0.1) is 0 Å². The number of aliphatic carboxylic acids is 1. The van der Waals surface area contributed by atoms with Crippen molar-refractivity contribution in [3.05, 3.63) is 0 Å². The van der Waals surface area contributed by atoms with Crippen LogP contribution < -0.4 is 5.11 Å². The monoisotopic (exact) mass is 217 g/mol. The van der Waals surface area contributed by atoms with Gasteiger partial charge in [-0.2, -0.15) is 0 Å². The Morgan fingerprint density at radius 1 is 1.33 bits per heavy atom. The van der Waals surface area contributed by atoms with E-state index in [0.29, 0.717) is 4.48 Å². The number of rotatable bonds is 6. The minimum absolute atomic E-state index is 0.0631. The summed E-state index contributed by atoms with van der Waals surface area (Å²) in [6, 6.07) is 0. The van der Waals surface area contributed by atoms with Gasteiger partial charge in [-0.15, -0.1) is 0 Å². The number of quaternary nitrogens is 1. The summed E-state index contributed by atoms with van der Waals surface area (Å²) in [5, 5.41) is 20.5. The fraction of sp³-hybridized carbons (Fsp3) is 0.800. The van der Waals surface area contributed by atoms with Crippen molar-refractivity contribution in [1.29, 1.82) is 0 Å². The fourth-order valence-electron chi connectivity index (χ4n) is 1.60. The van der Waals surface area contributed by atoms with Crippen molar-refractivity contribution in [2.45, 2.75) is 25.4 Å². The molecule has 0 aliphatic carbocycles. The predicted octanol–water partition coefficient (Wildman–Crippen LogP) is -1.46. The Kier molecular flexibility index (Phi) is 4.42. The minimum Gasteiger partial charge on any atom is -0.550 e. The van der Waals surface area contributed by atoms with Gasteiger partial charge < -0.3 is 19.5 Å². The number of nitrogens with zero attached hydrogens (tertiary/aromatic N) is 1. The second kappa shape index (κ2) is 4.72. The lowest BCUT2D eigenvalue weighted by atomic mass is 9.91. The number of hydrogen-bond donors (Lipinski definition) is 1. The Bertz CT molecular complexity index is 257. The van der Waals surface area contributed by atoms with Crippen LogP contribution in [0.2, 0.25) is 0 Å². The van der Waals surface area contributed by atoms with Crippen LogP contribution in [0.15, 0.2) is 0 Å². The van der Waals surface area contributed by atoms with E-state index in [1.807, 2.05) is 0 Å². The SMILES string of the molecule is CCC(=O)[C@@](O)(CC(=O)[O-])C[N+](C)(C)C. The van der Waals surface area contributed by atoms with Gasteiger partial charge in [0.25, 0.3) is 0 Å². The maximum Gasteiger partial charge on any atom is 0.177 e. The molecule has 0 amide bonds. The molecule has 15 heavy (non-hydrogen) atoms. The summed E-state index contributed by atoms with van der Waals surface area (Å²) in [5.74, 6) is -1.87. The Hall–Kier alpha value is -0.940. The molecule has 88 valence electrons. The van der Waals surface area contributed by atoms with E-state index in [-0.39, 0.29) is 13.0 Å². The van der Waals surface area contributed by atoms with Crippen LogP contribution in [0.4, 0.5) is 0 Å². The molecule has 0 fully saturated rings. The summed E-state index contributed by atoms with van der Waals surface area (Å²) in [6.45, 7) is 1.66. The lowest BCUT2D eigenvalue weighted by molar-refractivity contribution is -0.875. The van der Waals surface area contributed by atoms with Gasteiger partial charge in [-0.1, -0.05) is 6.92 Å². The summed E-state index contributed by atoms with van der Waals surface area (Å²) in [5.41, 5.74) is -1.81. The maximum atomic E-state index is 11.5. The highest BCUT2D eigenvalue weighted by atomic mass is 16.4. The lowest BCUT2D eigenvalue weighted by Crippen LogP contribution is -2.55. The van der Waals surface area contributed by atoms with Crippen LogP contribution >= 0.6 is 0 Å². The van der Waals surface area contributed by atoms with E-state index in [2.05, 4.69) is 0 Å². The molecule has 0 saturated heterocycles. The molecule has 5 heteroatoms. The Morgan fingerprint density at radius 2 is 1.80 bits per heavy atom. The first-order valence-corrected chi connectivity index (χ1v) is 4.87. The molecule has 0 aliphatic heterocycles. The third-order valence-corrected chi connectivity index (χ3v) is 2.01. The maximum absolute atomic E-state index is 11.5. The van der Waals surface area contributed by atoms with Gasteiger partial charge >= 0.3 is 0 Å². The molecule has 0 radical (unpaired) electrons. The van der Waals surface area contributed by atoms with E-state index in [0.717, 1.165) is 0 Å². The first kappa shape index (κ1) is 14.1. The van der Waals surface area contributed by atoms with Gasteiger partial charge in [0.1, 0.15) is 6.54 Å². The molecule has 0 spiro atoms. The fourth-order valence-corrected chi connectivity index (χ4v) is 1.60. The summed E-state index contributed by atoms with van der Waals surface area (Å²) in [4.78, 5) is 22.0. The highest BCUT2D eigenvalue weighted by Gasteiger charge is 2.39. The third kappa shape index (κ3) is 4.90. The molecule has 0 aromatic rings. The van der Waals surface area contributed by atoms with Crippen molar-refractivity contribution in [3.63, 3.8) is 0 Å². The van der Waals surface area contributed by atoms with Gasteiger partial charge in [-0.05, 0) is 0 Å². The molecular weight excluding hydrogens is 198 g/mol. The van der Waals surface area contributed by atoms with Crippen molar-refractivity contribution in [2.75, 3.05) is 27.7 Å². The molecule has 0 heterocycles. The molecule has 1 N–H and O–H groups in total. The highest BCUT2D eigenvalue weighted by molar-refractivity contribution is 5.90. The first-order chi connectivity index (χ1) is 6.60. The van der Waals surface area contributed by atoms with Crippen LogP contribution in [0.3, 0.4) is 0 Å². The molecule has 0 aliphatic rings. The number of ketones is 1. The largest absolute Gasteiger partial charge is 0.550 e. The zero-order chi connectivity index (χ0) is 12.3. The molecule has 1 atom stereocenters. The predicted molar refractivity (Wildman–Crippen MR) is 52.8 cm³/mol. The normalized spacial score (nSPS) is 15.8. The molecule has 0 unspecified atom stereocenters. The summed E-state index contributed by atoms with van der Waals surface area (Å²) < 4.78 is 0.315. The lowest BCUT2D eigenvalue weighted by Gasteiger charge is -2.34. The van der Waals surface area contributed by atoms with Crippen LogP contribution in [-0.4, -0.2) is 54.6 Å². The van der Waals surface area contributed by atoms with Gasteiger partial charge in [0.2, 0.25) is 0 Å². The Labute approximate surface area is 89.9 Å². The zero-order valence-electron chi connectivity index (χ0n) is 9.74. The second-order valence-corrected chi connectivity index (χ2v) is 4.81.